The number of aromatic nitrogens is 2. The third kappa shape index (κ3) is 9.35. The second-order valence-electron chi connectivity index (χ2n) is 10.1. The van der Waals surface area contributed by atoms with Gasteiger partial charge in [-0.15, -0.1) is 36.3 Å². The molecule has 4 heterocycles. The molecule has 0 radical (unpaired) electrons. The number of hydrogen-bond acceptors (Lipinski definition) is 10. The Bertz CT molecular complexity index is 1370. The molecule has 1 aromatic carbocycles. The van der Waals surface area contributed by atoms with Gasteiger partial charge in [-0.3, -0.25) is 14.6 Å². The lowest BCUT2D eigenvalue weighted by molar-refractivity contribution is -0.129. The van der Waals surface area contributed by atoms with Crippen LogP contribution in [-0.4, -0.2) is 65.0 Å². The van der Waals surface area contributed by atoms with Crippen LogP contribution in [0.4, 0.5) is 5.82 Å². The summed E-state index contributed by atoms with van der Waals surface area (Å²) in [5.74, 6) is 1.49. The lowest BCUT2D eigenvalue weighted by Gasteiger charge is -2.55. The molecule has 2 saturated heterocycles. The van der Waals surface area contributed by atoms with Gasteiger partial charge in [0.2, 0.25) is 0 Å². The van der Waals surface area contributed by atoms with Gasteiger partial charge in [0.05, 0.1) is 32.7 Å². The van der Waals surface area contributed by atoms with Crippen LogP contribution in [0.3, 0.4) is 0 Å². The zero-order valence-corrected chi connectivity index (χ0v) is 27.3. The molecule has 44 heavy (non-hydrogen) atoms. The Labute approximate surface area is 268 Å². The van der Waals surface area contributed by atoms with Crippen molar-refractivity contribution in [3.05, 3.63) is 93.9 Å². The second-order valence-corrected chi connectivity index (χ2v) is 12.0. The van der Waals surface area contributed by atoms with Crippen molar-refractivity contribution in [1.82, 2.24) is 20.2 Å². The Morgan fingerprint density at radius 1 is 1.18 bits per heavy atom. The van der Waals surface area contributed by atoms with Crippen LogP contribution < -0.4 is 10.6 Å². The minimum absolute atomic E-state index is 0.102. The number of carbonyl (C=O) groups is 2. The molecule has 2 N–H and O–H groups in total. The number of benzene rings is 1. The summed E-state index contributed by atoms with van der Waals surface area (Å²) >= 11 is 3.26. The second kappa shape index (κ2) is 18.1. The summed E-state index contributed by atoms with van der Waals surface area (Å²) in [4.78, 5) is 39.0. The van der Waals surface area contributed by atoms with Crippen LogP contribution in [0.5, 0.6) is 0 Å². The van der Waals surface area contributed by atoms with Crippen molar-refractivity contribution >= 4 is 53.7 Å². The van der Waals surface area contributed by atoms with E-state index in [-0.39, 0.29) is 5.91 Å². The van der Waals surface area contributed by atoms with Crippen LogP contribution in [0.15, 0.2) is 72.2 Å². The fraction of sp³-hybridized carbons (Fsp3) is 0.364. The number of ether oxygens (including phenoxy) is 1. The van der Waals surface area contributed by atoms with E-state index in [0.29, 0.717) is 42.6 Å². The average Bonchev–Trinajstić information content (AvgIpc) is 3.45. The van der Waals surface area contributed by atoms with Gasteiger partial charge in [-0.05, 0) is 69.5 Å². The number of pyridine rings is 1. The molecule has 5 rings (SSSR count). The van der Waals surface area contributed by atoms with Gasteiger partial charge >= 0.3 is 0 Å². The predicted molar refractivity (Wildman–Crippen MR) is 183 cm³/mol. The number of nitrogens with one attached hydrogen (secondary N) is 2. The highest BCUT2D eigenvalue weighted by atomic mass is 32.2. The molecule has 2 aromatic heterocycles. The van der Waals surface area contributed by atoms with Crippen molar-refractivity contribution in [3.8, 4) is 0 Å². The van der Waals surface area contributed by atoms with Gasteiger partial charge in [0, 0.05) is 24.3 Å². The van der Waals surface area contributed by atoms with E-state index < -0.39 is 0 Å². The molecule has 2 bridgehead atoms. The van der Waals surface area contributed by atoms with E-state index in [9.17, 15) is 9.59 Å². The standard InChI is InChI=1S/C23H30N6OS2.C8H8O2.C2H4/c1-5-21-28-14(2)22(32-21)19(25-4)12-31-13-27-20-7-6-15(11-26-20)23(30)29-17-8-16(24-3)9-18(29)10-17;9-7-10-6-8-4-2-1-3-5-8;1-2/h6-7,11-12,16-18,24H,4-5,8-10,13H2,1-3H3,(H,26,27);1-5,7H,6H2;1-2H2/b19-12-;;/t16?,17-,18+;;. The van der Waals surface area contributed by atoms with Crippen molar-refractivity contribution in [2.75, 3.05) is 18.2 Å². The van der Waals surface area contributed by atoms with E-state index in [1.54, 1.807) is 29.3 Å². The first kappa shape index (κ1) is 34.7. The van der Waals surface area contributed by atoms with E-state index in [1.807, 2.05) is 66.7 Å². The number of thioether (sulfide) groups is 1. The molecule has 3 atom stereocenters. The number of carbonyl (C=O) groups excluding carboxylic acids is 2. The summed E-state index contributed by atoms with van der Waals surface area (Å²) in [7, 11) is 2.00. The van der Waals surface area contributed by atoms with Crippen LogP contribution in [0, 0.1) is 6.92 Å². The SMILES string of the molecule is C=C.C=N/C(=C\SCNc1ccc(C(=O)N2[C@@H]3CC(NC)C[C@H]2C3)cn1)c1sc(CC)nc1C.O=COCc1ccccc1. The molecule has 1 unspecified atom stereocenters. The van der Waals surface area contributed by atoms with Gasteiger partial charge in [0.15, 0.2) is 0 Å². The topological polar surface area (TPSA) is 109 Å². The smallest absolute Gasteiger partial charge is 0.293 e. The summed E-state index contributed by atoms with van der Waals surface area (Å²) < 4.78 is 4.54. The lowest BCUT2D eigenvalue weighted by atomic mass is 9.76. The van der Waals surface area contributed by atoms with Crippen molar-refractivity contribution in [1.29, 1.82) is 0 Å². The van der Waals surface area contributed by atoms with E-state index in [0.717, 1.165) is 58.3 Å². The van der Waals surface area contributed by atoms with Crippen molar-refractivity contribution < 1.29 is 14.3 Å². The van der Waals surface area contributed by atoms with Crippen molar-refractivity contribution in [2.45, 2.75) is 64.3 Å². The largest absolute Gasteiger partial charge is 0.463 e. The molecule has 0 spiro atoms. The number of aryl methyl sites for hydroxylation is 2. The number of piperidine rings is 1. The van der Waals surface area contributed by atoms with Crippen molar-refractivity contribution in [3.63, 3.8) is 0 Å². The van der Waals surface area contributed by atoms with Crippen LogP contribution in [-0.2, 0) is 22.6 Å². The Balaban J connectivity index is 0.000000372. The normalized spacial score (nSPS) is 18.4. The Hall–Kier alpha value is -3.80. The molecule has 234 valence electrons. The first-order valence-electron chi connectivity index (χ1n) is 14.5. The first-order valence-corrected chi connectivity index (χ1v) is 16.4. The van der Waals surface area contributed by atoms with Crippen LogP contribution in [0.1, 0.15) is 57.7 Å². The van der Waals surface area contributed by atoms with Gasteiger partial charge in [-0.2, -0.15) is 0 Å². The lowest BCUT2D eigenvalue weighted by Crippen LogP contribution is -2.65. The number of nitrogens with zero attached hydrogens (tertiary/aromatic N) is 4. The molecule has 0 saturated carbocycles. The highest BCUT2D eigenvalue weighted by Gasteiger charge is 2.47. The van der Waals surface area contributed by atoms with E-state index in [4.69, 9.17) is 0 Å². The molecule has 2 aliphatic rings. The number of amides is 1. The third-order valence-corrected chi connectivity index (χ3v) is 9.36. The summed E-state index contributed by atoms with van der Waals surface area (Å²) in [6.07, 6.45) is 5.81. The first-order chi connectivity index (χ1) is 21.5. The minimum atomic E-state index is 0.102. The molecule has 2 aliphatic heterocycles. The van der Waals surface area contributed by atoms with E-state index in [1.165, 1.54) is 0 Å². The fourth-order valence-corrected chi connectivity index (χ4v) is 6.88. The number of hydrogen-bond donors (Lipinski definition) is 2. The van der Waals surface area contributed by atoms with Gasteiger partial charge in [0.1, 0.15) is 12.4 Å². The number of thiazole rings is 1. The van der Waals surface area contributed by atoms with Gasteiger partial charge in [-0.25, -0.2) is 9.97 Å². The number of anilines is 1. The van der Waals surface area contributed by atoms with E-state index >= 15 is 0 Å². The quantitative estimate of drug-likeness (QED) is 0.0782. The number of aliphatic imine (C=N–C) groups is 1. The zero-order chi connectivity index (χ0) is 31.9. The molecule has 2 fully saturated rings. The highest BCUT2D eigenvalue weighted by Crippen LogP contribution is 2.39. The molecule has 1 amide bonds. The summed E-state index contributed by atoms with van der Waals surface area (Å²) in [5, 5.41) is 9.74. The molecule has 11 heteroatoms. The maximum Gasteiger partial charge on any atom is 0.293 e. The summed E-state index contributed by atoms with van der Waals surface area (Å²) in [5.41, 5.74) is 3.51. The maximum absolute atomic E-state index is 12.9. The van der Waals surface area contributed by atoms with Crippen LogP contribution in [0.25, 0.3) is 5.70 Å². The van der Waals surface area contributed by atoms with Gasteiger partial charge < -0.3 is 20.3 Å². The Kier molecular flexibility index (Phi) is 14.3. The van der Waals surface area contributed by atoms with Crippen LogP contribution >= 0.6 is 23.1 Å². The highest BCUT2D eigenvalue weighted by molar-refractivity contribution is 8.02. The average molecular weight is 635 g/mol. The molecular formula is C33H42N6O3S2. The summed E-state index contributed by atoms with van der Waals surface area (Å²) in [6, 6.07) is 14.5. The van der Waals surface area contributed by atoms with E-state index in [2.05, 4.69) is 57.1 Å². The molecule has 0 aliphatic carbocycles. The predicted octanol–water partition coefficient (Wildman–Crippen LogP) is 6.34. The molecular weight excluding hydrogens is 593 g/mol. The van der Waals surface area contributed by atoms with Crippen molar-refractivity contribution in [2.24, 2.45) is 4.99 Å². The summed E-state index contributed by atoms with van der Waals surface area (Å²) in [6.45, 7) is 14.6. The Morgan fingerprint density at radius 2 is 1.91 bits per heavy atom. The maximum atomic E-state index is 12.9. The fourth-order valence-electron chi connectivity index (χ4n) is 5.16. The van der Waals surface area contributed by atoms with Gasteiger partial charge in [-0.1, -0.05) is 37.3 Å². The Morgan fingerprint density at radius 3 is 2.48 bits per heavy atom. The third-order valence-electron chi connectivity index (χ3n) is 7.34. The molecule has 3 aromatic rings. The van der Waals surface area contributed by atoms with Crippen LogP contribution in [0.2, 0.25) is 0 Å². The number of fused-ring (bicyclic) bond motifs is 2. The monoisotopic (exact) mass is 634 g/mol. The minimum Gasteiger partial charge on any atom is -0.463 e. The van der Waals surface area contributed by atoms with Gasteiger partial charge in [0.25, 0.3) is 12.4 Å². The zero-order valence-electron chi connectivity index (χ0n) is 25.7. The number of rotatable bonds is 12. The molecule has 9 nitrogen and oxygen atoms in total.